The molecular weight excluding hydrogens is 304 g/mol. The van der Waals surface area contributed by atoms with Crippen LogP contribution in [0.25, 0.3) is 6.08 Å². The smallest absolute Gasteiger partial charge is 0.363 e. The Hall–Kier alpha value is -2.66. The number of nitrogens with zero attached hydrogens (tertiary/aromatic N) is 2. The highest BCUT2D eigenvalue weighted by molar-refractivity contribution is 6.32. The van der Waals surface area contributed by atoms with Gasteiger partial charge in [-0.15, -0.1) is 0 Å². The fourth-order valence-electron chi connectivity index (χ4n) is 1.95. The number of halogens is 1. The van der Waals surface area contributed by atoms with Crippen molar-refractivity contribution in [1.29, 1.82) is 0 Å². The van der Waals surface area contributed by atoms with Gasteiger partial charge in [0.15, 0.2) is 5.70 Å². The number of aliphatic imine (C=N–C) groups is 1. The van der Waals surface area contributed by atoms with Gasteiger partial charge in [-0.3, -0.25) is 4.98 Å². The molecule has 1 aliphatic rings. The summed E-state index contributed by atoms with van der Waals surface area (Å²) >= 11 is 6.06. The van der Waals surface area contributed by atoms with Crippen molar-refractivity contribution >= 4 is 29.5 Å². The van der Waals surface area contributed by atoms with Crippen LogP contribution in [-0.4, -0.2) is 24.0 Å². The average molecular weight is 315 g/mol. The first-order valence-corrected chi connectivity index (χ1v) is 6.81. The Morgan fingerprint density at radius 1 is 1.32 bits per heavy atom. The maximum atomic E-state index is 11.9. The largest absolute Gasteiger partial charge is 0.495 e. The lowest BCUT2D eigenvalue weighted by atomic mass is 10.2. The van der Waals surface area contributed by atoms with Crippen LogP contribution in [0.4, 0.5) is 0 Å². The number of hydrogen-bond donors (Lipinski definition) is 0. The van der Waals surface area contributed by atoms with Crippen molar-refractivity contribution in [2.24, 2.45) is 4.99 Å². The summed E-state index contributed by atoms with van der Waals surface area (Å²) in [5.74, 6) is 0.298. The molecule has 0 fully saturated rings. The molecule has 110 valence electrons. The summed E-state index contributed by atoms with van der Waals surface area (Å²) in [4.78, 5) is 20.1. The van der Waals surface area contributed by atoms with Crippen molar-refractivity contribution < 1.29 is 14.3 Å². The molecule has 0 unspecified atom stereocenters. The zero-order chi connectivity index (χ0) is 15.5. The summed E-state index contributed by atoms with van der Waals surface area (Å²) in [6, 6.07) is 8.71. The first-order chi connectivity index (χ1) is 10.7. The molecule has 5 nitrogen and oxygen atoms in total. The van der Waals surface area contributed by atoms with E-state index in [-0.39, 0.29) is 11.6 Å². The number of aromatic nitrogens is 1. The summed E-state index contributed by atoms with van der Waals surface area (Å²) in [6.45, 7) is 0. The Morgan fingerprint density at radius 3 is 2.86 bits per heavy atom. The van der Waals surface area contributed by atoms with E-state index in [9.17, 15) is 4.79 Å². The van der Waals surface area contributed by atoms with E-state index in [4.69, 9.17) is 21.1 Å². The predicted octanol–water partition coefficient (Wildman–Crippen LogP) is 3.09. The minimum absolute atomic E-state index is 0.208. The standard InChI is InChI=1S/C16H11ClN2O3/c1-21-14-5-4-10(7-12(14)17)8-13-16(20)22-15(19-13)11-3-2-6-18-9-11/h2-9H,1H3/b13-8+. The summed E-state index contributed by atoms with van der Waals surface area (Å²) in [5, 5.41) is 0.458. The lowest BCUT2D eigenvalue weighted by molar-refractivity contribution is -0.129. The SMILES string of the molecule is COc1ccc(/C=C2/N=C(c3cccnc3)OC2=O)cc1Cl. The monoisotopic (exact) mass is 314 g/mol. The fourth-order valence-corrected chi connectivity index (χ4v) is 2.22. The number of cyclic esters (lactones) is 1. The van der Waals surface area contributed by atoms with Gasteiger partial charge in [0.25, 0.3) is 0 Å². The van der Waals surface area contributed by atoms with Crippen LogP contribution in [0.1, 0.15) is 11.1 Å². The average Bonchev–Trinajstić information content (AvgIpc) is 2.89. The summed E-state index contributed by atoms with van der Waals surface area (Å²) < 4.78 is 10.2. The van der Waals surface area contributed by atoms with Crippen molar-refractivity contribution in [2.75, 3.05) is 7.11 Å². The van der Waals surface area contributed by atoms with Gasteiger partial charge in [0.1, 0.15) is 5.75 Å². The van der Waals surface area contributed by atoms with E-state index in [1.54, 1.807) is 48.8 Å². The normalized spacial score (nSPS) is 15.6. The van der Waals surface area contributed by atoms with Crippen LogP contribution in [0.2, 0.25) is 5.02 Å². The highest BCUT2D eigenvalue weighted by Crippen LogP contribution is 2.27. The molecule has 0 spiro atoms. The highest BCUT2D eigenvalue weighted by Gasteiger charge is 2.24. The van der Waals surface area contributed by atoms with Crippen LogP contribution < -0.4 is 4.74 Å². The summed E-state index contributed by atoms with van der Waals surface area (Å²) in [7, 11) is 1.54. The molecule has 0 atom stereocenters. The minimum atomic E-state index is -0.509. The number of carbonyl (C=O) groups is 1. The zero-order valence-electron chi connectivity index (χ0n) is 11.6. The van der Waals surface area contributed by atoms with Gasteiger partial charge in [-0.25, -0.2) is 9.79 Å². The molecule has 0 radical (unpaired) electrons. The summed E-state index contributed by atoms with van der Waals surface area (Å²) in [6.07, 6.45) is 4.83. The van der Waals surface area contributed by atoms with Crippen molar-refractivity contribution in [3.05, 3.63) is 64.6 Å². The Labute approximate surface area is 131 Å². The molecule has 0 aliphatic carbocycles. The molecule has 1 aromatic heterocycles. The Balaban J connectivity index is 1.92. The third-order valence-corrected chi connectivity index (χ3v) is 3.30. The van der Waals surface area contributed by atoms with Crippen molar-refractivity contribution in [3.8, 4) is 5.75 Å². The molecule has 0 saturated heterocycles. The van der Waals surface area contributed by atoms with E-state index in [1.165, 1.54) is 7.11 Å². The maximum absolute atomic E-state index is 11.9. The molecule has 2 heterocycles. The molecule has 3 rings (SSSR count). The molecule has 1 aliphatic heterocycles. The van der Waals surface area contributed by atoms with Gasteiger partial charge < -0.3 is 9.47 Å². The van der Waals surface area contributed by atoms with Gasteiger partial charge in [0.05, 0.1) is 17.7 Å². The molecule has 2 aromatic rings. The second-order valence-electron chi connectivity index (χ2n) is 4.47. The number of carbonyl (C=O) groups excluding carboxylic acids is 1. The van der Waals surface area contributed by atoms with Gasteiger partial charge in [0.2, 0.25) is 5.90 Å². The van der Waals surface area contributed by atoms with Gasteiger partial charge >= 0.3 is 5.97 Å². The van der Waals surface area contributed by atoms with Gasteiger partial charge in [0, 0.05) is 12.4 Å². The predicted molar refractivity (Wildman–Crippen MR) is 82.8 cm³/mol. The van der Waals surface area contributed by atoms with E-state index in [2.05, 4.69) is 9.98 Å². The van der Waals surface area contributed by atoms with Crippen molar-refractivity contribution in [3.63, 3.8) is 0 Å². The highest BCUT2D eigenvalue weighted by atomic mass is 35.5. The molecular formula is C16H11ClN2O3. The molecule has 0 saturated carbocycles. The first kappa shape index (κ1) is 14.3. The van der Waals surface area contributed by atoms with Crippen molar-refractivity contribution in [2.45, 2.75) is 0 Å². The fraction of sp³-hybridized carbons (Fsp3) is 0.0625. The molecule has 0 bridgehead atoms. The zero-order valence-corrected chi connectivity index (χ0v) is 12.4. The second kappa shape index (κ2) is 5.99. The third kappa shape index (κ3) is 2.84. The Kier molecular flexibility index (Phi) is 3.89. The van der Waals surface area contributed by atoms with Crippen LogP contribution in [0.15, 0.2) is 53.4 Å². The molecule has 0 N–H and O–H groups in total. The Morgan fingerprint density at radius 2 is 2.18 bits per heavy atom. The van der Waals surface area contributed by atoms with E-state index >= 15 is 0 Å². The molecule has 1 aromatic carbocycles. The number of esters is 1. The van der Waals surface area contributed by atoms with Crippen LogP contribution in [0.5, 0.6) is 5.75 Å². The number of methoxy groups -OCH3 is 1. The Bertz CT molecular complexity index is 785. The van der Waals surface area contributed by atoms with Gasteiger partial charge in [-0.05, 0) is 35.9 Å². The van der Waals surface area contributed by atoms with Crippen LogP contribution >= 0.6 is 11.6 Å². The van der Waals surface area contributed by atoms with Crippen LogP contribution in [0.3, 0.4) is 0 Å². The van der Waals surface area contributed by atoms with Crippen LogP contribution in [-0.2, 0) is 9.53 Å². The minimum Gasteiger partial charge on any atom is -0.495 e. The molecule has 0 amide bonds. The molecule has 22 heavy (non-hydrogen) atoms. The number of rotatable bonds is 3. The van der Waals surface area contributed by atoms with Crippen molar-refractivity contribution in [1.82, 2.24) is 4.98 Å². The molecule has 6 heteroatoms. The lowest BCUT2D eigenvalue weighted by Crippen LogP contribution is -2.05. The van der Waals surface area contributed by atoms with E-state index in [1.807, 2.05) is 0 Å². The number of ether oxygens (including phenoxy) is 2. The maximum Gasteiger partial charge on any atom is 0.363 e. The van der Waals surface area contributed by atoms with Crippen LogP contribution in [0, 0.1) is 0 Å². The van der Waals surface area contributed by atoms with E-state index in [0.717, 1.165) is 5.56 Å². The lowest BCUT2D eigenvalue weighted by Gasteiger charge is -2.03. The van der Waals surface area contributed by atoms with Gasteiger partial charge in [-0.2, -0.15) is 0 Å². The number of pyridine rings is 1. The quantitative estimate of drug-likeness (QED) is 0.645. The first-order valence-electron chi connectivity index (χ1n) is 6.44. The van der Waals surface area contributed by atoms with E-state index in [0.29, 0.717) is 16.3 Å². The topological polar surface area (TPSA) is 60.8 Å². The third-order valence-electron chi connectivity index (χ3n) is 3.01. The number of benzene rings is 1. The summed E-state index contributed by atoms with van der Waals surface area (Å²) in [5.41, 5.74) is 1.58. The van der Waals surface area contributed by atoms with E-state index < -0.39 is 5.97 Å². The number of hydrogen-bond acceptors (Lipinski definition) is 5. The second-order valence-corrected chi connectivity index (χ2v) is 4.88. The van der Waals surface area contributed by atoms with Gasteiger partial charge in [-0.1, -0.05) is 17.7 Å².